The Balaban J connectivity index is 2.47. The lowest BCUT2D eigenvalue weighted by molar-refractivity contribution is -0.0689. The minimum atomic E-state index is -4.81. The SMILES string of the molecule is O=C(O)c1ccc(C(=O)C=C(c2cc(Cl)cc(Cl)c2)C(F)(F)F)cc1. The van der Waals surface area contributed by atoms with Crippen LogP contribution in [0.25, 0.3) is 5.57 Å². The van der Waals surface area contributed by atoms with Crippen molar-refractivity contribution in [2.45, 2.75) is 6.18 Å². The van der Waals surface area contributed by atoms with Crippen LogP contribution in [0.5, 0.6) is 0 Å². The second kappa shape index (κ2) is 7.29. The van der Waals surface area contributed by atoms with Crippen molar-refractivity contribution < 1.29 is 27.9 Å². The van der Waals surface area contributed by atoms with Gasteiger partial charge >= 0.3 is 12.1 Å². The molecule has 0 radical (unpaired) electrons. The van der Waals surface area contributed by atoms with Gasteiger partial charge in [-0.2, -0.15) is 13.2 Å². The van der Waals surface area contributed by atoms with E-state index in [1.807, 2.05) is 0 Å². The third-order valence-corrected chi connectivity index (χ3v) is 3.61. The number of ketones is 1. The van der Waals surface area contributed by atoms with Gasteiger partial charge < -0.3 is 5.11 Å². The highest BCUT2D eigenvalue weighted by Gasteiger charge is 2.35. The van der Waals surface area contributed by atoms with Crippen molar-refractivity contribution in [3.05, 3.63) is 75.3 Å². The van der Waals surface area contributed by atoms with Crippen molar-refractivity contribution in [3.8, 4) is 0 Å². The highest BCUT2D eigenvalue weighted by Crippen LogP contribution is 2.36. The number of carbonyl (C=O) groups is 2. The van der Waals surface area contributed by atoms with E-state index in [1.54, 1.807) is 0 Å². The summed E-state index contributed by atoms with van der Waals surface area (Å²) in [6.45, 7) is 0. The highest BCUT2D eigenvalue weighted by molar-refractivity contribution is 6.35. The molecular formula is C17H9Cl2F3O3. The quantitative estimate of drug-likeness (QED) is 0.554. The first-order valence-corrected chi connectivity index (χ1v) is 7.46. The number of carboxylic acid groups (broad SMARTS) is 1. The van der Waals surface area contributed by atoms with Gasteiger partial charge in [0.05, 0.1) is 11.1 Å². The summed E-state index contributed by atoms with van der Waals surface area (Å²) < 4.78 is 40.0. The standard InChI is InChI=1S/C17H9Cl2F3O3/c18-12-5-11(6-13(19)7-12)14(17(20,21)22)8-15(23)9-1-3-10(4-2-9)16(24)25/h1-8H,(H,24,25). The van der Waals surface area contributed by atoms with Gasteiger partial charge in [0.2, 0.25) is 0 Å². The highest BCUT2D eigenvalue weighted by atomic mass is 35.5. The topological polar surface area (TPSA) is 54.4 Å². The lowest BCUT2D eigenvalue weighted by atomic mass is 10.0. The summed E-state index contributed by atoms with van der Waals surface area (Å²) in [5.74, 6) is -2.14. The Bertz CT molecular complexity index is 836. The van der Waals surface area contributed by atoms with Crippen molar-refractivity contribution in [1.82, 2.24) is 0 Å². The average Bonchev–Trinajstić information content (AvgIpc) is 2.50. The second-order valence-corrected chi connectivity index (χ2v) is 5.83. The maximum Gasteiger partial charge on any atom is 0.417 e. The summed E-state index contributed by atoms with van der Waals surface area (Å²) in [5.41, 5.74) is -1.72. The molecule has 0 unspecified atom stereocenters. The molecule has 0 spiro atoms. The molecule has 2 rings (SSSR count). The molecule has 0 aromatic heterocycles. The van der Waals surface area contributed by atoms with Crippen LogP contribution < -0.4 is 0 Å². The number of benzene rings is 2. The molecule has 0 bridgehead atoms. The van der Waals surface area contributed by atoms with Gasteiger partial charge in [-0.3, -0.25) is 4.79 Å². The van der Waals surface area contributed by atoms with Gasteiger partial charge in [0.25, 0.3) is 0 Å². The largest absolute Gasteiger partial charge is 0.478 e. The predicted octanol–water partition coefficient (Wildman–Crippen LogP) is 5.52. The summed E-state index contributed by atoms with van der Waals surface area (Å²) in [4.78, 5) is 22.9. The van der Waals surface area contributed by atoms with Gasteiger partial charge in [0.15, 0.2) is 5.78 Å². The summed E-state index contributed by atoms with van der Waals surface area (Å²) in [6.07, 6.45) is -4.39. The Labute approximate surface area is 150 Å². The van der Waals surface area contributed by atoms with Crippen LogP contribution in [0.4, 0.5) is 13.2 Å². The molecule has 8 heteroatoms. The summed E-state index contributed by atoms with van der Waals surface area (Å²) in [7, 11) is 0. The monoisotopic (exact) mass is 388 g/mol. The smallest absolute Gasteiger partial charge is 0.417 e. The van der Waals surface area contributed by atoms with E-state index in [0.29, 0.717) is 6.08 Å². The Kier molecular flexibility index (Phi) is 5.55. The van der Waals surface area contributed by atoms with E-state index in [0.717, 1.165) is 36.4 Å². The molecule has 0 saturated carbocycles. The lowest BCUT2D eigenvalue weighted by Crippen LogP contribution is -2.13. The maximum atomic E-state index is 13.3. The molecule has 0 saturated heterocycles. The number of hydrogen-bond acceptors (Lipinski definition) is 2. The van der Waals surface area contributed by atoms with Crippen LogP contribution in [0.3, 0.4) is 0 Å². The first-order valence-electron chi connectivity index (χ1n) is 6.71. The van der Waals surface area contributed by atoms with Gasteiger partial charge in [0.1, 0.15) is 0 Å². The van der Waals surface area contributed by atoms with Gasteiger partial charge in [-0.25, -0.2) is 4.79 Å². The van der Waals surface area contributed by atoms with Crippen LogP contribution in [0.2, 0.25) is 10.0 Å². The molecule has 2 aromatic rings. The van der Waals surface area contributed by atoms with E-state index in [9.17, 15) is 22.8 Å². The minimum absolute atomic E-state index is 0.00379. The zero-order valence-electron chi connectivity index (χ0n) is 12.3. The minimum Gasteiger partial charge on any atom is -0.478 e. The number of aromatic carboxylic acids is 1. The van der Waals surface area contributed by atoms with E-state index in [2.05, 4.69) is 0 Å². The zero-order chi connectivity index (χ0) is 18.8. The molecule has 3 nitrogen and oxygen atoms in total. The molecule has 130 valence electrons. The van der Waals surface area contributed by atoms with Crippen LogP contribution in [0.15, 0.2) is 48.5 Å². The molecule has 0 aliphatic rings. The average molecular weight is 389 g/mol. The number of allylic oxidation sites excluding steroid dienone is 2. The molecule has 2 aromatic carbocycles. The fourth-order valence-electron chi connectivity index (χ4n) is 2.03. The fourth-order valence-corrected chi connectivity index (χ4v) is 2.56. The molecule has 25 heavy (non-hydrogen) atoms. The van der Waals surface area contributed by atoms with E-state index in [4.69, 9.17) is 28.3 Å². The van der Waals surface area contributed by atoms with Crippen molar-refractivity contribution in [2.24, 2.45) is 0 Å². The van der Waals surface area contributed by atoms with Crippen LogP contribution in [0.1, 0.15) is 26.3 Å². The number of hydrogen-bond donors (Lipinski definition) is 1. The third-order valence-electron chi connectivity index (χ3n) is 3.17. The Hall–Kier alpha value is -2.31. The molecule has 0 atom stereocenters. The van der Waals surface area contributed by atoms with E-state index in [1.165, 1.54) is 6.07 Å². The third kappa shape index (κ3) is 4.84. The van der Waals surface area contributed by atoms with Gasteiger partial charge in [-0.05, 0) is 42.0 Å². The second-order valence-electron chi connectivity index (χ2n) is 4.96. The summed E-state index contributed by atoms with van der Waals surface area (Å²) in [5, 5.41) is 8.79. The van der Waals surface area contributed by atoms with Crippen molar-refractivity contribution in [2.75, 3.05) is 0 Å². The van der Waals surface area contributed by atoms with E-state index >= 15 is 0 Å². The molecule has 0 heterocycles. The van der Waals surface area contributed by atoms with Crippen molar-refractivity contribution in [1.29, 1.82) is 0 Å². The first-order chi connectivity index (χ1) is 11.6. The van der Waals surface area contributed by atoms with Crippen molar-refractivity contribution in [3.63, 3.8) is 0 Å². The molecule has 0 aliphatic heterocycles. The van der Waals surface area contributed by atoms with Crippen LogP contribution in [0, 0.1) is 0 Å². The van der Waals surface area contributed by atoms with Gasteiger partial charge in [-0.1, -0.05) is 35.3 Å². The van der Waals surface area contributed by atoms with E-state index in [-0.39, 0.29) is 26.7 Å². The Morgan fingerprint density at radius 2 is 1.36 bits per heavy atom. The Morgan fingerprint density at radius 1 is 0.880 bits per heavy atom. The maximum absolute atomic E-state index is 13.3. The summed E-state index contributed by atoms with van der Waals surface area (Å²) in [6, 6.07) is 7.91. The van der Waals surface area contributed by atoms with Gasteiger partial charge in [0, 0.05) is 15.6 Å². The van der Waals surface area contributed by atoms with Gasteiger partial charge in [-0.15, -0.1) is 0 Å². The number of carbonyl (C=O) groups excluding carboxylic acids is 1. The number of rotatable bonds is 4. The van der Waals surface area contributed by atoms with Crippen LogP contribution in [-0.2, 0) is 0 Å². The molecular weight excluding hydrogens is 380 g/mol. The molecule has 1 N–H and O–H groups in total. The van der Waals surface area contributed by atoms with E-state index < -0.39 is 23.5 Å². The predicted molar refractivity (Wildman–Crippen MR) is 88.2 cm³/mol. The first kappa shape index (κ1) is 19.0. The fraction of sp³-hybridized carbons (Fsp3) is 0.0588. The number of alkyl halides is 3. The van der Waals surface area contributed by atoms with Crippen molar-refractivity contribution >= 4 is 40.5 Å². The normalized spacial score (nSPS) is 12.1. The van der Waals surface area contributed by atoms with Crippen LogP contribution >= 0.6 is 23.2 Å². The Morgan fingerprint density at radius 3 is 1.80 bits per heavy atom. The molecule has 0 aliphatic carbocycles. The zero-order valence-corrected chi connectivity index (χ0v) is 13.8. The molecule has 0 fully saturated rings. The van der Waals surface area contributed by atoms with Crippen LogP contribution in [-0.4, -0.2) is 23.0 Å². The number of halogens is 5. The number of carboxylic acids is 1. The molecule has 0 amide bonds. The lowest BCUT2D eigenvalue weighted by Gasteiger charge is -2.13. The summed E-state index contributed by atoms with van der Waals surface area (Å²) >= 11 is 11.5.